The molecule has 0 aromatic carbocycles. The number of hydrogen-bond acceptors (Lipinski definition) is 4. The van der Waals surface area contributed by atoms with Crippen LogP contribution in [0.5, 0.6) is 0 Å². The normalized spacial score (nSPS) is 28.2. The van der Waals surface area contributed by atoms with Crippen molar-refractivity contribution < 1.29 is 4.92 Å². The highest BCUT2D eigenvalue weighted by Gasteiger charge is 2.22. The van der Waals surface area contributed by atoms with Crippen LogP contribution in [0.25, 0.3) is 0 Å². The van der Waals surface area contributed by atoms with Gasteiger partial charge in [0.15, 0.2) is 0 Å². The fourth-order valence-corrected chi connectivity index (χ4v) is 0.620. The molecule has 2 N–H and O–H groups in total. The molecule has 0 radical (unpaired) electrons. The van der Waals surface area contributed by atoms with Gasteiger partial charge in [-0.2, -0.15) is 0 Å². The topological polar surface area (TPSA) is 67.2 Å². The SMILES string of the molecule is O=[N+]([O-])C1CNCN1. The highest BCUT2D eigenvalue weighted by atomic mass is 16.6. The molecule has 1 heterocycles. The summed E-state index contributed by atoms with van der Waals surface area (Å²) in [5.41, 5.74) is 0. The molecule has 0 spiro atoms. The summed E-state index contributed by atoms with van der Waals surface area (Å²) >= 11 is 0. The summed E-state index contributed by atoms with van der Waals surface area (Å²) < 4.78 is 0. The van der Waals surface area contributed by atoms with Gasteiger partial charge in [-0.3, -0.25) is 15.4 Å². The molecule has 1 saturated heterocycles. The molecular formula is C3H7N3O2. The first-order chi connectivity index (χ1) is 3.80. The van der Waals surface area contributed by atoms with E-state index >= 15 is 0 Å². The number of nitrogens with one attached hydrogen (secondary N) is 2. The monoisotopic (exact) mass is 117 g/mol. The lowest BCUT2D eigenvalue weighted by molar-refractivity contribution is -0.522. The zero-order valence-electron chi connectivity index (χ0n) is 4.26. The van der Waals surface area contributed by atoms with E-state index in [-0.39, 0.29) is 4.92 Å². The van der Waals surface area contributed by atoms with Crippen molar-refractivity contribution in [2.75, 3.05) is 13.2 Å². The van der Waals surface area contributed by atoms with Gasteiger partial charge in [0.25, 0.3) is 6.17 Å². The molecule has 1 rings (SSSR count). The minimum atomic E-state index is -0.574. The largest absolute Gasteiger partial charge is 0.297 e. The van der Waals surface area contributed by atoms with Gasteiger partial charge in [-0.25, -0.2) is 5.32 Å². The summed E-state index contributed by atoms with van der Waals surface area (Å²) in [6.07, 6.45) is -0.574. The number of nitrogens with zero attached hydrogens (tertiary/aromatic N) is 1. The van der Waals surface area contributed by atoms with E-state index < -0.39 is 6.17 Å². The predicted molar refractivity (Wildman–Crippen MR) is 26.8 cm³/mol. The third-order valence-electron chi connectivity index (χ3n) is 1.05. The lowest BCUT2D eigenvalue weighted by Gasteiger charge is -1.95. The second kappa shape index (κ2) is 2.06. The lowest BCUT2D eigenvalue weighted by Crippen LogP contribution is -2.31. The molecule has 1 unspecified atom stereocenters. The lowest BCUT2D eigenvalue weighted by atomic mass is 10.6. The van der Waals surface area contributed by atoms with Crippen molar-refractivity contribution in [3.8, 4) is 0 Å². The van der Waals surface area contributed by atoms with E-state index in [4.69, 9.17) is 0 Å². The van der Waals surface area contributed by atoms with Gasteiger partial charge in [-0.1, -0.05) is 0 Å². The molecule has 0 aromatic rings. The van der Waals surface area contributed by atoms with Crippen LogP contribution in [0, 0.1) is 10.1 Å². The van der Waals surface area contributed by atoms with Crippen LogP contribution in [-0.2, 0) is 0 Å². The summed E-state index contributed by atoms with van der Waals surface area (Å²) in [7, 11) is 0. The highest BCUT2D eigenvalue weighted by Crippen LogP contribution is 1.85. The zero-order valence-corrected chi connectivity index (χ0v) is 4.26. The Labute approximate surface area is 46.2 Å². The molecule has 0 bridgehead atoms. The number of hydrogen-bond donors (Lipinski definition) is 2. The number of nitro groups is 1. The average Bonchev–Trinajstić information content (AvgIpc) is 2.12. The van der Waals surface area contributed by atoms with Crippen molar-refractivity contribution >= 4 is 0 Å². The van der Waals surface area contributed by atoms with Crippen molar-refractivity contribution in [2.24, 2.45) is 0 Å². The van der Waals surface area contributed by atoms with Gasteiger partial charge in [0.2, 0.25) is 0 Å². The Bertz CT molecular complexity index is 98.7. The highest BCUT2D eigenvalue weighted by molar-refractivity contribution is 4.63. The molecule has 8 heavy (non-hydrogen) atoms. The minimum Gasteiger partial charge on any atom is -0.297 e. The number of rotatable bonds is 1. The zero-order chi connectivity index (χ0) is 5.98. The van der Waals surface area contributed by atoms with E-state index in [2.05, 4.69) is 10.6 Å². The molecule has 1 atom stereocenters. The van der Waals surface area contributed by atoms with E-state index in [0.29, 0.717) is 13.2 Å². The Morgan fingerprint density at radius 2 is 2.50 bits per heavy atom. The van der Waals surface area contributed by atoms with Gasteiger partial charge in [-0.05, 0) is 0 Å². The Morgan fingerprint density at radius 1 is 1.75 bits per heavy atom. The second-order valence-corrected chi connectivity index (χ2v) is 1.64. The summed E-state index contributed by atoms with van der Waals surface area (Å²) in [5.74, 6) is 0. The second-order valence-electron chi connectivity index (χ2n) is 1.64. The van der Waals surface area contributed by atoms with E-state index in [1.807, 2.05) is 0 Å². The van der Waals surface area contributed by atoms with Crippen LogP contribution in [0.3, 0.4) is 0 Å². The summed E-state index contributed by atoms with van der Waals surface area (Å²) in [5, 5.41) is 15.4. The molecule has 1 fully saturated rings. The van der Waals surface area contributed by atoms with Crippen molar-refractivity contribution in [3.63, 3.8) is 0 Å². The Hall–Kier alpha value is -0.680. The maximum absolute atomic E-state index is 9.90. The molecule has 1 aliphatic rings. The van der Waals surface area contributed by atoms with Crippen LogP contribution in [0.4, 0.5) is 0 Å². The predicted octanol–water partition coefficient (Wildman–Crippen LogP) is -1.26. The summed E-state index contributed by atoms with van der Waals surface area (Å²) in [6, 6.07) is 0. The summed E-state index contributed by atoms with van der Waals surface area (Å²) in [4.78, 5) is 9.57. The third kappa shape index (κ3) is 0.932. The van der Waals surface area contributed by atoms with Gasteiger partial charge in [0, 0.05) is 4.92 Å². The van der Waals surface area contributed by atoms with Crippen LogP contribution in [-0.4, -0.2) is 24.3 Å². The average molecular weight is 117 g/mol. The standard InChI is InChI=1S/C3H7N3O2/c7-6(8)3-1-4-2-5-3/h3-5H,1-2H2. The molecule has 0 saturated carbocycles. The van der Waals surface area contributed by atoms with Crippen molar-refractivity contribution in [1.29, 1.82) is 0 Å². The molecule has 5 nitrogen and oxygen atoms in total. The fourth-order valence-electron chi connectivity index (χ4n) is 0.620. The molecule has 1 aliphatic heterocycles. The van der Waals surface area contributed by atoms with Crippen molar-refractivity contribution in [2.45, 2.75) is 6.17 Å². The van der Waals surface area contributed by atoms with Crippen LogP contribution >= 0.6 is 0 Å². The van der Waals surface area contributed by atoms with Gasteiger partial charge in [-0.15, -0.1) is 0 Å². The molecule has 46 valence electrons. The minimum absolute atomic E-state index is 0.333. The van der Waals surface area contributed by atoms with Crippen LogP contribution in [0.1, 0.15) is 0 Å². The summed E-state index contributed by atoms with van der Waals surface area (Å²) in [6.45, 7) is 0.985. The van der Waals surface area contributed by atoms with Crippen LogP contribution in [0.15, 0.2) is 0 Å². The molecule has 0 aromatic heterocycles. The van der Waals surface area contributed by atoms with Crippen molar-refractivity contribution in [3.05, 3.63) is 10.1 Å². The van der Waals surface area contributed by atoms with E-state index in [1.54, 1.807) is 0 Å². The van der Waals surface area contributed by atoms with Crippen molar-refractivity contribution in [1.82, 2.24) is 10.6 Å². The molecule has 0 amide bonds. The molecule has 5 heteroatoms. The first-order valence-electron chi connectivity index (χ1n) is 2.38. The Balaban J connectivity index is 2.35. The van der Waals surface area contributed by atoms with Gasteiger partial charge in [0.1, 0.15) is 0 Å². The Kier molecular flexibility index (Phi) is 1.40. The van der Waals surface area contributed by atoms with Crippen LogP contribution < -0.4 is 10.6 Å². The Morgan fingerprint density at radius 3 is 2.75 bits per heavy atom. The quantitative estimate of drug-likeness (QED) is 0.332. The van der Waals surface area contributed by atoms with E-state index in [9.17, 15) is 10.1 Å². The third-order valence-corrected chi connectivity index (χ3v) is 1.05. The van der Waals surface area contributed by atoms with Gasteiger partial charge in [0.05, 0.1) is 13.2 Å². The maximum atomic E-state index is 9.90. The smallest absolute Gasteiger partial charge is 0.279 e. The molecular weight excluding hydrogens is 110 g/mol. The van der Waals surface area contributed by atoms with Gasteiger partial charge < -0.3 is 0 Å². The van der Waals surface area contributed by atoms with E-state index in [1.165, 1.54) is 0 Å². The first kappa shape index (κ1) is 5.46. The fraction of sp³-hybridized carbons (Fsp3) is 1.00. The van der Waals surface area contributed by atoms with E-state index in [0.717, 1.165) is 0 Å². The van der Waals surface area contributed by atoms with Gasteiger partial charge >= 0.3 is 0 Å². The molecule has 0 aliphatic carbocycles. The van der Waals surface area contributed by atoms with Crippen LogP contribution in [0.2, 0.25) is 0 Å². The first-order valence-corrected chi connectivity index (χ1v) is 2.38. The maximum Gasteiger partial charge on any atom is 0.279 e.